The van der Waals surface area contributed by atoms with Gasteiger partial charge in [-0.2, -0.15) is 10.1 Å². The summed E-state index contributed by atoms with van der Waals surface area (Å²) in [7, 11) is 0. The molecule has 8 heteroatoms. The normalized spacial score (nSPS) is 15.7. The Labute approximate surface area is 172 Å². The molecule has 4 aromatic rings. The average Bonchev–Trinajstić information content (AvgIpc) is 3.42. The van der Waals surface area contributed by atoms with Gasteiger partial charge in [-0.15, -0.1) is 0 Å². The minimum absolute atomic E-state index is 0.0987. The van der Waals surface area contributed by atoms with Gasteiger partial charge in [0.1, 0.15) is 17.7 Å². The Morgan fingerprint density at radius 1 is 1.13 bits per heavy atom. The zero-order valence-electron chi connectivity index (χ0n) is 16.3. The summed E-state index contributed by atoms with van der Waals surface area (Å²) in [6, 6.07) is 15.7. The molecule has 0 amide bonds. The topological polar surface area (TPSA) is 75.2 Å². The van der Waals surface area contributed by atoms with Crippen molar-refractivity contribution in [2.24, 2.45) is 0 Å². The molecule has 0 bridgehead atoms. The molecule has 0 saturated carbocycles. The van der Waals surface area contributed by atoms with Crippen LogP contribution in [0.2, 0.25) is 0 Å². The van der Waals surface area contributed by atoms with Crippen molar-refractivity contribution in [3.63, 3.8) is 0 Å². The second kappa shape index (κ2) is 7.72. The van der Waals surface area contributed by atoms with Gasteiger partial charge in [0.25, 0.3) is 5.89 Å². The van der Waals surface area contributed by atoms with Gasteiger partial charge in [-0.1, -0.05) is 17.3 Å². The van der Waals surface area contributed by atoms with Crippen molar-refractivity contribution in [2.75, 3.05) is 6.61 Å². The third-order valence-corrected chi connectivity index (χ3v) is 4.94. The highest BCUT2D eigenvalue weighted by atomic mass is 19.1. The zero-order chi connectivity index (χ0) is 20.5. The van der Waals surface area contributed by atoms with Crippen molar-refractivity contribution in [3.8, 4) is 28.7 Å². The van der Waals surface area contributed by atoms with E-state index in [2.05, 4.69) is 15.2 Å². The first-order valence-electron chi connectivity index (χ1n) is 9.70. The number of hydrogen-bond donors (Lipinski definition) is 0. The second-order valence-corrected chi connectivity index (χ2v) is 6.93. The van der Waals surface area contributed by atoms with Gasteiger partial charge in [0.05, 0.1) is 25.5 Å². The monoisotopic (exact) mass is 406 g/mol. The van der Waals surface area contributed by atoms with Crippen LogP contribution in [-0.4, -0.2) is 26.5 Å². The molecule has 7 nitrogen and oxygen atoms in total. The van der Waals surface area contributed by atoms with Gasteiger partial charge in [-0.3, -0.25) is 4.68 Å². The molecule has 0 radical (unpaired) electrons. The summed E-state index contributed by atoms with van der Waals surface area (Å²) in [4.78, 5) is 4.40. The Kier molecular flexibility index (Phi) is 4.76. The number of aromatic nitrogens is 4. The Hall–Kier alpha value is -3.52. The maximum absolute atomic E-state index is 13.1. The summed E-state index contributed by atoms with van der Waals surface area (Å²) in [5.74, 6) is 1.23. The first-order chi connectivity index (χ1) is 14.7. The van der Waals surface area contributed by atoms with Gasteiger partial charge >= 0.3 is 0 Å². The molecule has 0 aliphatic carbocycles. The summed E-state index contributed by atoms with van der Waals surface area (Å²) >= 11 is 0. The minimum Gasteiger partial charge on any atom is -0.494 e. The number of fused-ring (bicyclic) bond motifs is 1. The molecule has 1 aliphatic heterocycles. The van der Waals surface area contributed by atoms with E-state index >= 15 is 0 Å². The molecule has 1 unspecified atom stereocenters. The maximum atomic E-state index is 13.1. The van der Waals surface area contributed by atoms with E-state index in [9.17, 15) is 4.39 Å². The smallest absolute Gasteiger partial charge is 0.278 e. The van der Waals surface area contributed by atoms with E-state index in [1.54, 1.807) is 12.1 Å². The van der Waals surface area contributed by atoms with E-state index in [4.69, 9.17) is 14.0 Å². The summed E-state index contributed by atoms with van der Waals surface area (Å²) in [5, 5.41) is 8.60. The van der Waals surface area contributed by atoms with Crippen molar-refractivity contribution >= 4 is 0 Å². The van der Waals surface area contributed by atoms with Crippen LogP contribution in [0.5, 0.6) is 5.75 Å². The van der Waals surface area contributed by atoms with Crippen molar-refractivity contribution in [2.45, 2.75) is 26.2 Å². The lowest BCUT2D eigenvalue weighted by Crippen LogP contribution is -2.21. The Bertz CT molecular complexity index is 1150. The van der Waals surface area contributed by atoms with Crippen LogP contribution < -0.4 is 4.74 Å². The highest BCUT2D eigenvalue weighted by Crippen LogP contribution is 2.30. The van der Waals surface area contributed by atoms with Crippen LogP contribution >= 0.6 is 0 Å². The summed E-state index contributed by atoms with van der Waals surface area (Å²) in [6.45, 7) is 3.62. The van der Waals surface area contributed by atoms with Crippen molar-refractivity contribution in [1.82, 2.24) is 19.9 Å². The number of benzene rings is 2. The highest BCUT2D eigenvalue weighted by Gasteiger charge is 2.24. The van der Waals surface area contributed by atoms with Crippen molar-refractivity contribution in [1.29, 1.82) is 0 Å². The van der Waals surface area contributed by atoms with Gasteiger partial charge in [-0.25, -0.2) is 4.39 Å². The SMILES string of the molecule is CCOc1ccc(C2Cn3nc(-c4nc(-c5ccc(F)cc5)no4)cc3CO2)cc1. The van der Waals surface area contributed by atoms with Crippen LogP contribution in [0.25, 0.3) is 23.0 Å². The maximum Gasteiger partial charge on any atom is 0.278 e. The third kappa shape index (κ3) is 3.57. The highest BCUT2D eigenvalue weighted by molar-refractivity contribution is 5.57. The van der Waals surface area contributed by atoms with Gasteiger partial charge in [0, 0.05) is 5.56 Å². The van der Waals surface area contributed by atoms with E-state index in [0.29, 0.717) is 42.7 Å². The van der Waals surface area contributed by atoms with E-state index in [0.717, 1.165) is 17.0 Å². The molecule has 2 aromatic heterocycles. The van der Waals surface area contributed by atoms with Gasteiger partial charge < -0.3 is 14.0 Å². The lowest BCUT2D eigenvalue weighted by Gasteiger charge is -2.24. The molecule has 1 aliphatic rings. The number of hydrogen-bond acceptors (Lipinski definition) is 6. The largest absolute Gasteiger partial charge is 0.494 e. The molecule has 0 fully saturated rings. The van der Waals surface area contributed by atoms with Crippen LogP contribution in [0.1, 0.15) is 24.3 Å². The van der Waals surface area contributed by atoms with Crippen molar-refractivity contribution < 1.29 is 18.4 Å². The van der Waals surface area contributed by atoms with Crippen LogP contribution in [0.4, 0.5) is 4.39 Å². The van der Waals surface area contributed by atoms with E-state index in [1.165, 1.54) is 12.1 Å². The molecule has 3 heterocycles. The first-order valence-corrected chi connectivity index (χ1v) is 9.70. The molecule has 0 spiro atoms. The standard InChI is InChI=1S/C22H19FN4O3/c1-2-28-18-9-5-14(6-10-18)20-12-27-17(13-29-20)11-19(25-27)22-24-21(26-30-22)15-3-7-16(23)8-4-15/h3-11,20H,2,12-13H2,1H3. The summed E-state index contributed by atoms with van der Waals surface area (Å²) < 4.78 is 31.9. The second-order valence-electron chi connectivity index (χ2n) is 6.93. The number of nitrogens with zero attached hydrogens (tertiary/aromatic N) is 4. The fraction of sp³-hybridized carbons (Fsp3) is 0.227. The average molecular weight is 406 g/mol. The molecule has 5 rings (SSSR count). The summed E-state index contributed by atoms with van der Waals surface area (Å²) in [5.41, 5.74) is 3.27. The van der Waals surface area contributed by atoms with Gasteiger partial charge in [0.15, 0.2) is 5.69 Å². The molecule has 0 N–H and O–H groups in total. The lowest BCUT2D eigenvalue weighted by molar-refractivity contribution is -0.00115. The lowest BCUT2D eigenvalue weighted by atomic mass is 10.1. The van der Waals surface area contributed by atoms with Crippen LogP contribution in [-0.2, 0) is 17.9 Å². The summed E-state index contributed by atoms with van der Waals surface area (Å²) in [6.07, 6.45) is -0.0987. The predicted octanol–water partition coefficient (Wildman–Crippen LogP) is 4.41. The molecule has 1 atom stereocenters. The third-order valence-electron chi connectivity index (χ3n) is 4.94. The first kappa shape index (κ1) is 18.5. The Morgan fingerprint density at radius 3 is 2.70 bits per heavy atom. The number of halogens is 1. The quantitative estimate of drug-likeness (QED) is 0.489. The molecular weight excluding hydrogens is 387 g/mol. The van der Waals surface area contributed by atoms with E-state index < -0.39 is 0 Å². The molecule has 0 saturated heterocycles. The zero-order valence-corrected chi connectivity index (χ0v) is 16.3. The molecule has 152 valence electrons. The van der Waals surface area contributed by atoms with Gasteiger partial charge in [-0.05, 0) is 55.0 Å². The van der Waals surface area contributed by atoms with Gasteiger partial charge in [0.2, 0.25) is 5.82 Å². The predicted molar refractivity (Wildman–Crippen MR) is 106 cm³/mol. The Morgan fingerprint density at radius 2 is 1.93 bits per heavy atom. The minimum atomic E-state index is -0.314. The molecule has 2 aromatic carbocycles. The van der Waals surface area contributed by atoms with Crippen molar-refractivity contribution in [3.05, 3.63) is 71.7 Å². The van der Waals surface area contributed by atoms with E-state index in [-0.39, 0.29) is 11.9 Å². The molecular formula is C22H19FN4O3. The van der Waals surface area contributed by atoms with E-state index in [1.807, 2.05) is 41.9 Å². The molecule has 30 heavy (non-hydrogen) atoms. The van der Waals surface area contributed by atoms with Crippen LogP contribution in [0, 0.1) is 5.82 Å². The number of rotatable bonds is 5. The fourth-order valence-corrected chi connectivity index (χ4v) is 3.42. The Balaban J connectivity index is 1.34. The fourth-order valence-electron chi connectivity index (χ4n) is 3.42. The number of ether oxygens (including phenoxy) is 2. The van der Waals surface area contributed by atoms with Crippen LogP contribution in [0.15, 0.2) is 59.1 Å². The van der Waals surface area contributed by atoms with Crippen LogP contribution in [0.3, 0.4) is 0 Å².